The lowest BCUT2D eigenvalue weighted by Gasteiger charge is -2.32. The molecular weight excluding hydrogens is 378 g/mol. The highest BCUT2D eigenvalue weighted by molar-refractivity contribution is 7.89. The van der Waals surface area contributed by atoms with Crippen LogP contribution in [0.1, 0.15) is 23.3 Å². The summed E-state index contributed by atoms with van der Waals surface area (Å²) in [6.45, 7) is 4.56. The first-order valence-corrected chi connectivity index (χ1v) is 10.5. The molecule has 0 bridgehead atoms. The Labute approximate surface area is 164 Å². The van der Waals surface area contributed by atoms with Crippen LogP contribution in [0, 0.1) is 13.8 Å². The number of rotatable bonds is 4. The van der Waals surface area contributed by atoms with Gasteiger partial charge in [-0.2, -0.15) is 4.31 Å². The molecule has 0 amide bonds. The van der Waals surface area contributed by atoms with E-state index in [0.717, 1.165) is 17.0 Å². The smallest absolute Gasteiger partial charge is 0.243 e. The van der Waals surface area contributed by atoms with Crippen molar-refractivity contribution in [1.82, 2.24) is 14.4 Å². The van der Waals surface area contributed by atoms with Crippen LogP contribution in [0.25, 0.3) is 11.3 Å². The van der Waals surface area contributed by atoms with Crippen LogP contribution in [0.3, 0.4) is 0 Å². The fourth-order valence-electron chi connectivity index (χ4n) is 3.38. The van der Waals surface area contributed by atoms with Gasteiger partial charge in [0, 0.05) is 13.1 Å². The summed E-state index contributed by atoms with van der Waals surface area (Å²) in [5.41, 5.74) is 3.04. The van der Waals surface area contributed by atoms with Gasteiger partial charge in [0.25, 0.3) is 0 Å². The van der Waals surface area contributed by atoms with Gasteiger partial charge in [-0.15, -0.1) is 0 Å². The van der Waals surface area contributed by atoms with E-state index in [1.807, 2.05) is 32.0 Å². The summed E-state index contributed by atoms with van der Waals surface area (Å²) in [6, 6.07) is 14.1. The number of morpholine rings is 1. The van der Waals surface area contributed by atoms with E-state index in [2.05, 4.69) is 5.16 Å². The van der Waals surface area contributed by atoms with Crippen molar-refractivity contribution in [1.29, 1.82) is 0 Å². The molecule has 0 aliphatic carbocycles. The highest BCUT2D eigenvalue weighted by Crippen LogP contribution is 2.29. The molecule has 1 saturated heterocycles. The standard InChI is InChI=1S/C20H21N3O4S/c1-14-20(15(2)27-22-14)18-10-6-9-17(21-18)19-13-23(11-12-26-19)28(24,25)16-7-4-3-5-8-16/h3-10,19H,11-13H2,1-2H3. The van der Waals surface area contributed by atoms with Crippen LogP contribution < -0.4 is 0 Å². The summed E-state index contributed by atoms with van der Waals surface area (Å²) < 4.78 is 38.4. The highest BCUT2D eigenvalue weighted by atomic mass is 32.2. The molecule has 1 aromatic carbocycles. The summed E-state index contributed by atoms with van der Waals surface area (Å²) in [4.78, 5) is 4.99. The van der Waals surface area contributed by atoms with Gasteiger partial charge in [0.15, 0.2) is 0 Å². The number of aromatic nitrogens is 2. The van der Waals surface area contributed by atoms with Crippen LogP contribution in [0.15, 0.2) is 57.9 Å². The average Bonchev–Trinajstić information content (AvgIpc) is 3.07. The summed E-state index contributed by atoms with van der Waals surface area (Å²) in [5.74, 6) is 0.694. The first-order chi connectivity index (χ1) is 13.5. The first kappa shape index (κ1) is 18.8. The fourth-order valence-corrected chi connectivity index (χ4v) is 4.83. The van der Waals surface area contributed by atoms with E-state index in [9.17, 15) is 8.42 Å². The van der Waals surface area contributed by atoms with E-state index in [1.54, 1.807) is 30.3 Å². The number of hydrogen-bond acceptors (Lipinski definition) is 6. The fraction of sp³-hybridized carbons (Fsp3) is 0.300. The summed E-state index contributed by atoms with van der Waals surface area (Å²) in [7, 11) is -3.57. The number of aryl methyl sites for hydroxylation is 2. The van der Waals surface area contributed by atoms with E-state index >= 15 is 0 Å². The Morgan fingerprint density at radius 1 is 1.07 bits per heavy atom. The topological polar surface area (TPSA) is 85.5 Å². The van der Waals surface area contributed by atoms with Crippen molar-refractivity contribution < 1.29 is 17.7 Å². The van der Waals surface area contributed by atoms with Gasteiger partial charge in [-0.3, -0.25) is 0 Å². The Balaban J connectivity index is 1.62. The monoisotopic (exact) mass is 399 g/mol. The zero-order valence-corrected chi connectivity index (χ0v) is 16.5. The number of ether oxygens (including phenoxy) is 1. The molecule has 8 heteroatoms. The Morgan fingerprint density at radius 2 is 1.86 bits per heavy atom. The molecule has 1 fully saturated rings. The van der Waals surface area contributed by atoms with Gasteiger partial charge in [0.1, 0.15) is 11.9 Å². The third-order valence-electron chi connectivity index (χ3n) is 4.80. The molecule has 0 radical (unpaired) electrons. The molecule has 0 N–H and O–H groups in total. The normalized spacial score (nSPS) is 18.3. The summed E-state index contributed by atoms with van der Waals surface area (Å²) in [6.07, 6.45) is -0.437. The molecule has 1 unspecified atom stereocenters. The SMILES string of the molecule is Cc1noc(C)c1-c1cccc(C2CN(S(=O)(=O)c3ccccc3)CCO2)n1. The van der Waals surface area contributed by atoms with Crippen LogP contribution in [0.4, 0.5) is 0 Å². The molecular formula is C20H21N3O4S. The minimum absolute atomic E-state index is 0.218. The van der Waals surface area contributed by atoms with Crippen molar-refractivity contribution in [2.24, 2.45) is 0 Å². The lowest BCUT2D eigenvalue weighted by atomic mass is 10.1. The quantitative estimate of drug-likeness (QED) is 0.670. The molecule has 3 aromatic rings. The maximum Gasteiger partial charge on any atom is 0.243 e. The van der Waals surface area contributed by atoms with Crippen molar-refractivity contribution in [3.05, 3.63) is 65.7 Å². The maximum atomic E-state index is 12.9. The van der Waals surface area contributed by atoms with Crippen LogP contribution in [-0.2, 0) is 14.8 Å². The second-order valence-corrected chi connectivity index (χ2v) is 8.62. The van der Waals surface area contributed by atoms with Crippen molar-refractivity contribution in [2.45, 2.75) is 24.8 Å². The molecule has 146 valence electrons. The third-order valence-corrected chi connectivity index (χ3v) is 6.68. The van der Waals surface area contributed by atoms with Gasteiger partial charge in [-0.1, -0.05) is 29.4 Å². The Kier molecular flexibility index (Phi) is 5.01. The minimum Gasteiger partial charge on any atom is -0.369 e. The van der Waals surface area contributed by atoms with Crippen molar-refractivity contribution in [3.8, 4) is 11.3 Å². The molecule has 1 atom stereocenters. The maximum absolute atomic E-state index is 12.9. The van der Waals surface area contributed by atoms with Gasteiger partial charge in [-0.05, 0) is 38.1 Å². The van der Waals surface area contributed by atoms with Gasteiger partial charge in [-0.25, -0.2) is 13.4 Å². The van der Waals surface area contributed by atoms with E-state index < -0.39 is 16.1 Å². The number of pyridine rings is 1. The molecule has 28 heavy (non-hydrogen) atoms. The molecule has 1 aliphatic heterocycles. The van der Waals surface area contributed by atoms with Crippen LogP contribution >= 0.6 is 0 Å². The van der Waals surface area contributed by atoms with E-state index in [4.69, 9.17) is 14.2 Å². The average molecular weight is 399 g/mol. The number of nitrogens with zero attached hydrogens (tertiary/aromatic N) is 3. The second kappa shape index (κ2) is 7.46. The zero-order valence-electron chi connectivity index (χ0n) is 15.7. The Morgan fingerprint density at radius 3 is 2.57 bits per heavy atom. The van der Waals surface area contributed by atoms with E-state index in [-0.39, 0.29) is 11.4 Å². The van der Waals surface area contributed by atoms with Crippen molar-refractivity contribution in [3.63, 3.8) is 0 Å². The second-order valence-electron chi connectivity index (χ2n) is 6.68. The predicted octanol–water partition coefficient (Wildman–Crippen LogP) is 3.12. The van der Waals surface area contributed by atoms with Gasteiger partial charge in [0.05, 0.1) is 34.1 Å². The molecule has 1 aliphatic rings. The number of sulfonamides is 1. The molecule has 0 spiro atoms. The lowest BCUT2D eigenvalue weighted by Crippen LogP contribution is -2.42. The lowest BCUT2D eigenvalue weighted by molar-refractivity contribution is -0.00487. The predicted molar refractivity (Wildman–Crippen MR) is 103 cm³/mol. The molecule has 4 rings (SSSR count). The molecule has 0 saturated carbocycles. The molecule has 3 heterocycles. The number of benzene rings is 1. The van der Waals surface area contributed by atoms with E-state index in [0.29, 0.717) is 24.6 Å². The van der Waals surface area contributed by atoms with Crippen LogP contribution in [0.2, 0.25) is 0 Å². The van der Waals surface area contributed by atoms with Gasteiger partial charge in [0.2, 0.25) is 10.0 Å². The van der Waals surface area contributed by atoms with Crippen molar-refractivity contribution in [2.75, 3.05) is 19.7 Å². The summed E-state index contributed by atoms with van der Waals surface area (Å²) in [5, 5.41) is 3.98. The number of hydrogen-bond donors (Lipinski definition) is 0. The minimum atomic E-state index is -3.57. The van der Waals surface area contributed by atoms with Crippen LogP contribution in [-0.4, -0.2) is 42.6 Å². The van der Waals surface area contributed by atoms with E-state index in [1.165, 1.54) is 4.31 Å². The first-order valence-electron chi connectivity index (χ1n) is 9.04. The van der Waals surface area contributed by atoms with Crippen LogP contribution in [0.5, 0.6) is 0 Å². The van der Waals surface area contributed by atoms with Gasteiger partial charge >= 0.3 is 0 Å². The third kappa shape index (κ3) is 3.46. The Bertz CT molecular complexity index is 1060. The molecule has 7 nitrogen and oxygen atoms in total. The molecule has 2 aromatic heterocycles. The largest absolute Gasteiger partial charge is 0.369 e. The van der Waals surface area contributed by atoms with Crippen molar-refractivity contribution >= 4 is 10.0 Å². The van der Waals surface area contributed by atoms with Gasteiger partial charge < -0.3 is 9.26 Å². The highest BCUT2D eigenvalue weighted by Gasteiger charge is 2.32. The zero-order chi connectivity index (χ0) is 19.7. The summed E-state index contributed by atoms with van der Waals surface area (Å²) >= 11 is 0. The Hall–Kier alpha value is -2.55.